The molecule has 0 spiro atoms. The van der Waals surface area contributed by atoms with Gasteiger partial charge in [-0.1, -0.05) is 35.9 Å². The van der Waals surface area contributed by atoms with Gasteiger partial charge in [0, 0.05) is 6.54 Å². The highest BCUT2D eigenvalue weighted by atomic mass is 16.5. The Bertz CT molecular complexity index is 679. The Morgan fingerprint density at radius 2 is 2.05 bits per heavy atom. The zero-order valence-electron chi connectivity index (χ0n) is 12.3. The Balaban J connectivity index is 2.02. The Labute approximate surface area is 124 Å². The van der Waals surface area contributed by atoms with Gasteiger partial charge in [-0.05, 0) is 36.6 Å². The van der Waals surface area contributed by atoms with Crippen molar-refractivity contribution in [2.45, 2.75) is 19.4 Å². The maximum absolute atomic E-state index is 13.0. The number of carbonyl (C=O) groups is 1. The fourth-order valence-electron chi connectivity index (χ4n) is 2.91. The summed E-state index contributed by atoms with van der Waals surface area (Å²) >= 11 is 0. The third-order valence-electron chi connectivity index (χ3n) is 3.99. The van der Waals surface area contributed by atoms with E-state index in [2.05, 4.69) is 11.4 Å². The second kappa shape index (κ2) is 5.70. The Morgan fingerprint density at radius 1 is 1.24 bits per heavy atom. The maximum atomic E-state index is 13.0. The minimum absolute atomic E-state index is 0.0719. The molecule has 21 heavy (non-hydrogen) atoms. The zero-order valence-corrected chi connectivity index (χ0v) is 12.3. The SMILES string of the molecule is COc1ccc(C)cc1C(=O)C1NCCc2ccccc21. The van der Waals surface area contributed by atoms with Crippen molar-refractivity contribution >= 4 is 5.78 Å². The molecule has 0 amide bonds. The first kappa shape index (κ1) is 13.8. The number of benzene rings is 2. The Hall–Kier alpha value is -2.13. The van der Waals surface area contributed by atoms with Gasteiger partial charge in [0.2, 0.25) is 0 Å². The van der Waals surface area contributed by atoms with Crippen LogP contribution in [0.2, 0.25) is 0 Å². The van der Waals surface area contributed by atoms with Crippen LogP contribution in [0.15, 0.2) is 42.5 Å². The summed E-state index contributed by atoms with van der Waals surface area (Å²) in [5.41, 5.74) is 4.04. The molecule has 0 aromatic heterocycles. The standard InChI is InChI=1S/C18H19NO2/c1-12-7-8-16(21-2)15(11-12)18(20)17-14-6-4-3-5-13(14)9-10-19-17/h3-8,11,17,19H,9-10H2,1-2H3. The average molecular weight is 281 g/mol. The normalized spacial score (nSPS) is 17.1. The number of Topliss-reactive ketones (excluding diaryl/α,β-unsaturated/α-hetero) is 1. The van der Waals surface area contributed by atoms with Crippen LogP contribution in [-0.4, -0.2) is 19.4 Å². The van der Waals surface area contributed by atoms with Crippen LogP contribution in [0.5, 0.6) is 5.75 Å². The van der Waals surface area contributed by atoms with Crippen LogP contribution in [0.3, 0.4) is 0 Å². The molecule has 2 aromatic carbocycles. The van der Waals surface area contributed by atoms with E-state index in [1.165, 1.54) is 5.56 Å². The maximum Gasteiger partial charge on any atom is 0.187 e. The number of rotatable bonds is 3. The van der Waals surface area contributed by atoms with Crippen molar-refractivity contribution in [3.63, 3.8) is 0 Å². The molecule has 1 aliphatic rings. The van der Waals surface area contributed by atoms with Crippen molar-refractivity contribution in [3.8, 4) is 5.75 Å². The quantitative estimate of drug-likeness (QED) is 0.879. The lowest BCUT2D eigenvalue weighted by atomic mass is 9.89. The molecule has 0 aliphatic carbocycles. The molecule has 1 heterocycles. The number of hydrogen-bond acceptors (Lipinski definition) is 3. The molecule has 1 atom stereocenters. The molecule has 0 saturated heterocycles. The molecule has 2 aromatic rings. The molecule has 1 N–H and O–H groups in total. The lowest BCUT2D eigenvalue weighted by Gasteiger charge is -2.26. The zero-order chi connectivity index (χ0) is 14.8. The number of nitrogens with one attached hydrogen (secondary N) is 1. The predicted molar refractivity (Wildman–Crippen MR) is 83.0 cm³/mol. The molecule has 3 heteroatoms. The fraction of sp³-hybridized carbons (Fsp3) is 0.278. The highest BCUT2D eigenvalue weighted by Crippen LogP contribution is 2.29. The van der Waals surface area contributed by atoms with Gasteiger partial charge in [0.1, 0.15) is 5.75 Å². The lowest BCUT2D eigenvalue weighted by molar-refractivity contribution is 0.0936. The van der Waals surface area contributed by atoms with Gasteiger partial charge >= 0.3 is 0 Å². The van der Waals surface area contributed by atoms with Crippen molar-refractivity contribution in [1.29, 1.82) is 0 Å². The number of aryl methyl sites for hydroxylation is 1. The molecule has 3 rings (SSSR count). The van der Waals surface area contributed by atoms with Crippen molar-refractivity contribution in [1.82, 2.24) is 5.32 Å². The molecule has 0 saturated carbocycles. The van der Waals surface area contributed by atoms with Crippen LogP contribution in [0, 0.1) is 6.92 Å². The number of ketones is 1. The van der Waals surface area contributed by atoms with Crippen LogP contribution >= 0.6 is 0 Å². The summed E-state index contributed by atoms with van der Waals surface area (Å²) < 4.78 is 5.35. The van der Waals surface area contributed by atoms with Crippen molar-refractivity contribution in [2.75, 3.05) is 13.7 Å². The first-order valence-corrected chi connectivity index (χ1v) is 7.21. The average Bonchev–Trinajstić information content (AvgIpc) is 2.53. The summed E-state index contributed by atoms with van der Waals surface area (Å²) in [5.74, 6) is 0.707. The summed E-state index contributed by atoms with van der Waals surface area (Å²) in [4.78, 5) is 13.0. The van der Waals surface area contributed by atoms with Crippen molar-refractivity contribution in [2.24, 2.45) is 0 Å². The molecule has 3 nitrogen and oxygen atoms in total. The summed E-state index contributed by atoms with van der Waals surface area (Å²) in [6.07, 6.45) is 0.963. The highest BCUT2D eigenvalue weighted by Gasteiger charge is 2.28. The molecule has 1 unspecified atom stereocenters. The summed E-state index contributed by atoms with van der Waals surface area (Å²) in [6, 6.07) is 13.6. The second-order valence-electron chi connectivity index (χ2n) is 5.40. The molecule has 0 fully saturated rings. The van der Waals surface area contributed by atoms with Crippen molar-refractivity contribution < 1.29 is 9.53 Å². The van der Waals surface area contributed by atoms with Gasteiger partial charge in [-0.3, -0.25) is 4.79 Å². The van der Waals surface area contributed by atoms with Gasteiger partial charge in [-0.25, -0.2) is 0 Å². The number of ether oxygens (including phenoxy) is 1. The smallest absolute Gasteiger partial charge is 0.187 e. The second-order valence-corrected chi connectivity index (χ2v) is 5.40. The van der Waals surface area contributed by atoms with Crippen molar-refractivity contribution in [3.05, 3.63) is 64.7 Å². The molecular formula is C18H19NO2. The summed E-state index contributed by atoms with van der Waals surface area (Å²) in [5, 5.41) is 3.34. The molecule has 108 valence electrons. The molecule has 0 radical (unpaired) electrons. The Morgan fingerprint density at radius 3 is 2.86 bits per heavy atom. The number of fused-ring (bicyclic) bond motifs is 1. The van der Waals surface area contributed by atoms with E-state index >= 15 is 0 Å². The van der Waals surface area contributed by atoms with Gasteiger partial charge in [0.25, 0.3) is 0 Å². The van der Waals surface area contributed by atoms with E-state index in [0.29, 0.717) is 11.3 Å². The fourth-order valence-corrected chi connectivity index (χ4v) is 2.91. The monoisotopic (exact) mass is 281 g/mol. The van der Waals surface area contributed by atoms with Crippen LogP contribution in [0.4, 0.5) is 0 Å². The number of methoxy groups -OCH3 is 1. The first-order valence-electron chi connectivity index (χ1n) is 7.21. The molecule has 1 aliphatic heterocycles. The third-order valence-corrected chi connectivity index (χ3v) is 3.99. The van der Waals surface area contributed by atoms with Gasteiger partial charge in [0.15, 0.2) is 5.78 Å². The van der Waals surface area contributed by atoms with E-state index in [1.807, 2.05) is 43.3 Å². The molecule has 0 bridgehead atoms. The topological polar surface area (TPSA) is 38.3 Å². The molecular weight excluding hydrogens is 262 g/mol. The minimum atomic E-state index is -0.286. The summed E-state index contributed by atoms with van der Waals surface area (Å²) in [6.45, 7) is 2.81. The van der Waals surface area contributed by atoms with Gasteiger partial charge in [-0.15, -0.1) is 0 Å². The summed E-state index contributed by atoms with van der Waals surface area (Å²) in [7, 11) is 1.60. The van der Waals surface area contributed by atoms with Crippen LogP contribution in [0.25, 0.3) is 0 Å². The Kier molecular flexibility index (Phi) is 3.76. The van der Waals surface area contributed by atoms with E-state index in [4.69, 9.17) is 4.74 Å². The van der Waals surface area contributed by atoms with Crippen LogP contribution in [0.1, 0.15) is 33.1 Å². The largest absolute Gasteiger partial charge is 0.496 e. The van der Waals surface area contributed by atoms with E-state index in [0.717, 1.165) is 24.1 Å². The van der Waals surface area contributed by atoms with E-state index in [-0.39, 0.29) is 11.8 Å². The van der Waals surface area contributed by atoms with E-state index in [9.17, 15) is 4.79 Å². The van der Waals surface area contributed by atoms with E-state index < -0.39 is 0 Å². The minimum Gasteiger partial charge on any atom is -0.496 e. The lowest BCUT2D eigenvalue weighted by Crippen LogP contribution is -2.35. The van der Waals surface area contributed by atoms with Gasteiger partial charge in [0.05, 0.1) is 18.7 Å². The van der Waals surface area contributed by atoms with Crippen LogP contribution < -0.4 is 10.1 Å². The van der Waals surface area contributed by atoms with E-state index in [1.54, 1.807) is 7.11 Å². The first-order chi connectivity index (χ1) is 10.2. The van der Waals surface area contributed by atoms with Gasteiger partial charge < -0.3 is 10.1 Å². The predicted octanol–water partition coefficient (Wildman–Crippen LogP) is 3.07. The number of carbonyl (C=O) groups excluding carboxylic acids is 1. The third kappa shape index (κ3) is 2.57. The number of hydrogen-bond donors (Lipinski definition) is 1. The highest BCUT2D eigenvalue weighted by molar-refractivity contribution is 6.03. The van der Waals surface area contributed by atoms with Crippen LogP contribution in [-0.2, 0) is 6.42 Å². The van der Waals surface area contributed by atoms with Gasteiger partial charge in [-0.2, -0.15) is 0 Å².